The van der Waals surface area contributed by atoms with Gasteiger partial charge in [0.2, 0.25) is 0 Å². The van der Waals surface area contributed by atoms with Crippen molar-refractivity contribution in [2.24, 2.45) is 0 Å². The number of non-ortho nitro benzene ring substituents is 1. The number of benzene rings is 1. The van der Waals surface area contributed by atoms with Gasteiger partial charge in [-0.3, -0.25) is 20.2 Å². The molecule has 0 aliphatic heterocycles. The lowest BCUT2D eigenvalue weighted by molar-refractivity contribution is -0.394. The van der Waals surface area contributed by atoms with E-state index in [1.807, 2.05) is 24.4 Å². The summed E-state index contributed by atoms with van der Waals surface area (Å²) in [5.41, 5.74) is -0.0964. The second-order valence-corrected chi connectivity index (χ2v) is 5.42. The number of nitrogens with one attached hydrogen (secondary N) is 1. The maximum Gasteiger partial charge on any atom is 0.280 e. The van der Waals surface area contributed by atoms with Crippen molar-refractivity contribution in [3.05, 3.63) is 66.4 Å². The molecule has 0 saturated heterocycles. The largest absolute Gasteiger partial charge is 0.305 e. The summed E-state index contributed by atoms with van der Waals surface area (Å²) in [7, 11) is 0. The summed E-state index contributed by atoms with van der Waals surface area (Å²) in [5.74, 6) is 0. The molecule has 1 aromatic heterocycles. The number of hydrogen-bond donors (Lipinski definition) is 1. The quantitative estimate of drug-likeness (QED) is 0.651. The predicted molar refractivity (Wildman–Crippen MR) is 79.3 cm³/mol. The zero-order chi connectivity index (χ0) is 15.4. The Kier molecular flexibility index (Phi) is 4.61. The summed E-state index contributed by atoms with van der Waals surface area (Å²) in [5, 5.41) is 26.8. The first-order chi connectivity index (χ1) is 9.99. The minimum atomic E-state index is -0.640. The van der Waals surface area contributed by atoms with Crippen molar-refractivity contribution in [2.45, 2.75) is 19.5 Å². The van der Waals surface area contributed by atoms with Crippen molar-refractivity contribution in [1.29, 1.82) is 0 Å². The van der Waals surface area contributed by atoms with E-state index < -0.39 is 9.85 Å². The Hall–Kier alpha value is -2.32. The van der Waals surface area contributed by atoms with Crippen LogP contribution in [0.4, 0.5) is 11.4 Å². The van der Waals surface area contributed by atoms with Crippen molar-refractivity contribution in [3.8, 4) is 0 Å². The van der Waals surface area contributed by atoms with Crippen LogP contribution in [0, 0.1) is 20.2 Å². The van der Waals surface area contributed by atoms with Gasteiger partial charge in [-0.1, -0.05) is 6.07 Å². The molecule has 8 heteroatoms. The third-order valence-corrected chi connectivity index (χ3v) is 4.10. The Morgan fingerprint density at radius 1 is 1.24 bits per heavy atom. The fourth-order valence-corrected chi connectivity index (χ4v) is 2.65. The Balaban J connectivity index is 2.16. The van der Waals surface area contributed by atoms with E-state index in [1.165, 1.54) is 12.1 Å². The lowest BCUT2D eigenvalue weighted by Gasteiger charge is -2.12. The highest BCUT2D eigenvalue weighted by atomic mass is 32.1. The lowest BCUT2D eigenvalue weighted by Crippen LogP contribution is -2.18. The third kappa shape index (κ3) is 3.61. The molecule has 0 saturated carbocycles. The topological polar surface area (TPSA) is 98.3 Å². The molecule has 110 valence electrons. The molecule has 7 nitrogen and oxygen atoms in total. The van der Waals surface area contributed by atoms with Gasteiger partial charge in [0.05, 0.1) is 15.9 Å². The van der Waals surface area contributed by atoms with E-state index in [0.29, 0.717) is 5.56 Å². The van der Waals surface area contributed by atoms with E-state index in [-0.39, 0.29) is 24.0 Å². The second kappa shape index (κ2) is 6.42. The van der Waals surface area contributed by atoms with Crippen LogP contribution in [0.15, 0.2) is 35.7 Å². The average molecular weight is 307 g/mol. The zero-order valence-corrected chi connectivity index (χ0v) is 12.0. The van der Waals surface area contributed by atoms with Crippen LogP contribution in [-0.4, -0.2) is 9.85 Å². The Labute approximate surface area is 124 Å². The fourth-order valence-electron chi connectivity index (χ4n) is 1.89. The maximum absolute atomic E-state index is 11.0. The average Bonchev–Trinajstić information content (AvgIpc) is 2.98. The minimum absolute atomic E-state index is 0.0554. The van der Waals surface area contributed by atoms with Gasteiger partial charge in [0.1, 0.15) is 0 Å². The van der Waals surface area contributed by atoms with Gasteiger partial charge < -0.3 is 5.32 Å². The van der Waals surface area contributed by atoms with Gasteiger partial charge >= 0.3 is 0 Å². The van der Waals surface area contributed by atoms with Crippen LogP contribution in [0.2, 0.25) is 0 Å². The van der Waals surface area contributed by atoms with E-state index in [0.717, 1.165) is 10.9 Å². The molecular weight excluding hydrogens is 294 g/mol. The molecule has 21 heavy (non-hydrogen) atoms. The first kappa shape index (κ1) is 15.1. The Bertz CT molecular complexity index is 657. The van der Waals surface area contributed by atoms with E-state index in [4.69, 9.17) is 0 Å². The summed E-state index contributed by atoms with van der Waals surface area (Å²) in [4.78, 5) is 21.6. The van der Waals surface area contributed by atoms with Crippen LogP contribution in [0.1, 0.15) is 23.4 Å². The van der Waals surface area contributed by atoms with Gasteiger partial charge in [-0.2, -0.15) is 0 Å². The van der Waals surface area contributed by atoms with Crippen LogP contribution in [0.3, 0.4) is 0 Å². The standard InChI is InChI=1S/C13H13N3O4S/c1-9(13-3-2-6-21-13)14-8-10-4-5-11(15(17)18)7-12(10)16(19)20/h2-7,9,14H,8H2,1H3/t9-/m0/s1. The zero-order valence-electron chi connectivity index (χ0n) is 11.2. The highest BCUT2D eigenvalue weighted by Gasteiger charge is 2.19. The van der Waals surface area contributed by atoms with Gasteiger partial charge in [-0.25, -0.2) is 0 Å². The molecular formula is C13H13N3O4S. The van der Waals surface area contributed by atoms with Crippen LogP contribution in [-0.2, 0) is 6.54 Å². The first-order valence-corrected chi connectivity index (χ1v) is 7.05. The molecule has 0 spiro atoms. The molecule has 0 aliphatic carbocycles. The molecule has 1 heterocycles. The smallest absolute Gasteiger partial charge is 0.280 e. The number of nitro benzene ring substituents is 2. The molecule has 0 amide bonds. The van der Waals surface area contributed by atoms with Gasteiger partial charge in [0.15, 0.2) is 0 Å². The lowest BCUT2D eigenvalue weighted by atomic mass is 10.1. The van der Waals surface area contributed by atoms with Crippen LogP contribution in [0.5, 0.6) is 0 Å². The first-order valence-electron chi connectivity index (χ1n) is 6.17. The number of thiophene rings is 1. The van der Waals surface area contributed by atoms with Crippen LogP contribution in [0.25, 0.3) is 0 Å². The maximum atomic E-state index is 11.0. The number of nitrogens with zero attached hydrogens (tertiary/aromatic N) is 2. The summed E-state index contributed by atoms with van der Waals surface area (Å²) >= 11 is 1.60. The summed E-state index contributed by atoms with van der Waals surface area (Å²) in [6.07, 6.45) is 0. The Morgan fingerprint density at radius 3 is 2.57 bits per heavy atom. The summed E-state index contributed by atoms with van der Waals surface area (Å²) in [6.45, 7) is 2.23. The highest BCUT2D eigenvalue weighted by molar-refractivity contribution is 7.10. The van der Waals surface area contributed by atoms with Gasteiger partial charge in [-0.15, -0.1) is 11.3 Å². The summed E-state index contributed by atoms with van der Waals surface area (Å²) in [6, 6.07) is 7.66. The molecule has 2 rings (SSSR count). The number of rotatable bonds is 6. The van der Waals surface area contributed by atoms with E-state index in [2.05, 4.69) is 5.32 Å². The minimum Gasteiger partial charge on any atom is -0.305 e. The third-order valence-electron chi connectivity index (χ3n) is 3.05. The van der Waals surface area contributed by atoms with Crippen molar-refractivity contribution >= 4 is 22.7 Å². The molecule has 0 fully saturated rings. The van der Waals surface area contributed by atoms with Gasteiger partial charge in [0.25, 0.3) is 11.4 Å². The van der Waals surface area contributed by atoms with Crippen molar-refractivity contribution in [3.63, 3.8) is 0 Å². The van der Waals surface area contributed by atoms with Crippen molar-refractivity contribution < 1.29 is 9.85 Å². The monoisotopic (exact) mass is 307 g/mol. The Morgan fingerprint density at radius 2 is 2.00 bits per heavy atom. The molecule has 0 bridgehead atoms. The van der Waals surface area contributed by atoms with E-state index in [1.54, 1.807) is 11.3 Å². The second-order valence-electron chi connectivity index (χ2n) is 4.45. The number of hydrogen-bond acceptors (Lipinski definition) is 6. The molecule has 1 atom stereocenters. The van der Waals surface area contributed by atoms with Gasteiger partial charge in [-0.05, 0) is 24.4 Å². The highest BCUT2D eigenvalue weighted by Crippen LogP contribution is 2.25. The van der Waals surface area contributed by atoms with Crippen LogP contribution >= 0.6 is 11.3 Å². The van der Waals surface area contributed by atoms with Gasteiger partial charge in [0, 0.05) is 29.1 Å². The predicted octanol–water partition coefficient (Wildman–Crippen LogP) is 3.42. The normalized spacial score (nSPS) is 12.0. The SMILES string of the molecule is C[C@H](NCc1ccc([N+](=O)[O-])cc1[N+](=O)[O-])c1cccs1. The summed E-state index contributed by atoms with van der Waals surface area (Å²) < 4.78 is 0. The van der Waals surface area contributed by atoms with Crippen molar-refractivity contribution in [2.75, 3.05) is 0 Å². The van der Waals surface area contributed by atoms with Crippen molar-refractivity contribution in [1.82, 2.24) is 5.32 Å². The number of nitro groups is 2. The fraction of sp³-hybridized carbons (Fsp3) is 0.231. The molecule has 2 aromatic rings. The molecule has 0 radical (unpaired) electrons. The van der Waals surface area contributed by atoms with E-state index in [9.17, 15) is 20.2 Å². The van der Waals surface area contributed by atoms with Crippen LogP contribution < -0.4 is 5.32 Å². The molecule has 1 aromatic carbocycles. The van der Waals surface area contributed by atoms with E-state index >= 15 is 0 Å². The molecule has 1 N–H and O–H groups in total. The molecule has 0 aliphatic rings. The molecule has 0 unspecified atom stereocenters.